The van der Waals surface area contributed by atoms with Crippen LogP contribution in [0.25, 0.3) is 17.0 Å². The third-order valence-electron chi connectivity index (χ3n) is 6.55. The average molecular weight is 433 g/mol. The first-order valence-corrected chi connectivity index (χ1v) is 11.1. The summed E-state index contributed by atoms with van der Waals surface area (Å²) in [5.74, 6) is 2.16. The van der Waals surface area contributed by atoms with E-state index in [4.69, 9.17) is 9.47 Å². The normalized spacial score (nSPS) is 20.0. The molecule has 3 heterocycles. The first-order valence-electron chi connectivity index (χ1n) is 11.1. The van der Waals surface area contributed by atoms with Crippen LogP contribution in [0.1, 0.15) is 41.3 Å². The van der Waals surface area contributed by atoms with Gasteiger partial charge in [-0.15, -0.1) is 0 Å². The minimum Gasteiger partial charge on any atom is -0.507 e. The fraction of sp³-hybridized carbons (Fsp3) is 0.346. The molecule has 0 aliphatic carbocycles. The minimum atomic E-state index is -0.159. The predicted molar refractivity (Wildman–Crippen MR) is 124 cm³/mol. The molecule has 0 radical (unpaired) electrons. The first kappa shape index (κ1) is 20.6. The molecular formula is C26H28N2O4. The number of phenolic OH excluding ortho intramolecular Hbond substituents is 1. The first-order chi connectivity index (χ1) is 15.4. The number of aromatic hydroxyl groups is 1. The Hall–Kier alpha value is -3.25. The summed E-state index contributed by atoms with van der Waals surface area (Å²) in [4.78, 5) is 15.5. The number of allylic oxidation sites excluding steroid dienone is 1. The lowest BCUT2D eigenvalue weighted by molar-refractivity contribution is 0.101. The second kappa shape index (κ2) is 8.02. The minimum absolute atomic E-state index is 0.159. The molecule has 1 aromatic heterocycles. The molecule has 2 aromatic carbocycles. The molecule has 32 heavy (non-hydrogen) atoms. The van der Waals surface area contributed by atoms with Gasteiger partial charge in [0.15, 0.2) is 5.76 Å². The van der Waals surface area contributed by atoms with Crippen LogP contribution in [-0.4, -0.2) is 40.6 Å². The molecule has 0 amide bonds. The van der Waals surface area contributed by atoms with Crippen LogP contribution < -0.4 is 9.47 Å². The van der Waals surface area contributed by atoms with Crippen molar-refractivity contribution < 1.29 is 19.4 Å². The van der Waals surface area contributed by atoms with E-state index in [1.54, 1.807) is 25.3 Å². The highest BCUT2D eigenvalue weighted by Gasteiger charge is 2.32. The van der Waals surface area contributed by atoms with Crippen molar-refractivity contribution in [1.82, 2.24) is 9.47 Å². The number of rotatable bonds is 4. The number of hydrogen-bond donors (Lipinski definition) is 1. The van der Waals surface area contributed by atoms with Gasteiger partial charge < -0.3 is 19.1 Å². The number of fused-ring (bicyclic) bond motifs is 2. The zero-order chi connectivity index (χ0) is 22.4. The van der Waals surface area contributed by atoms with Crippen molar-refractivity contribution in [3.8, 4) is 17.2 Å². The number of aryl methyl sites for hydroxylation is 1. The van der Waals surface area contributed by atoms with Gasteiger partial charge >= 0.3 is 0 Å². The monoisotopic (exact) mass is 432 g/mol. The van der Waals surface area contributed by atoms with Crippen molar-refractivity contribution in [2.45, 2.75) is 26.3 Å². The largest absolute Gasteiger partial charge is 0.507 e. The van der Waals surface area contributed by atoms with Crippen LogP contribution in [0.3, 0.4) is 0 Å². The molecule has 6 heteroatoms. The number of ether oxygens (including phenoxy) is 2. The molecular weight excluding hydrogens is 404 g/mol. The van der Waals surface area contributed by atoms with E-state index >= 15 is 0 Å². The van der Waals surface area contributed by atoms with Gasteiger partial charge in [0.2, 0.25) is 5.78 Å². The maximum Gasteiger partial charge on any atom is 0.231 e. The second-order valence-electron chi connectivity index (χ2n) is 8.94. The van der Waals surface area contributed by atoms with Gasteiger partial charge in [-0.2, -0.15) is 0 Å². The quantitative estimate of drug-likeness (QED) is 0.604. The van der Waals surface area contributed by atoms with Gasteiger partial charge in [0.05, 0.1) is 18.2 Å². The number of piperidine rings is 1. The van der Waals surface area contributed by atoms with E-state index in [0.717, 1.165) is 41.7 Å². The van der Waals surface area contributed by atoms with Gasteiger partial charge in [-0.25, -0.2) is 0 Å². The lowest BCUT2D eigenvalue weighted by atomic mass is 9.99. The van der Waals surface area contributed by atoms with Gasteiger partial charge in [-0.3, -0.25) is 9.69 Å². The lowest BCUT2D eigenvalue weighted by Gasteiger charge is -2.31. The van der Waals surface area contributed by atoms with Crippen LogP contribution in [0, 0.1) is 5.92 Å². The smallest absolute Gasteiger partial charge is 0.231 e. The summed E-state index contributed by atoms with van der Waals surface area (Å²) >= 11 is 0. The van der Waals surface area contributed by atoms with Crippen LogP contribution in [-0.2, 0) is 13.6 Å². The Morgan fingerprint density at radius 1 is 1.28 bits per heavy atom. The second-order valence-corrected chi connectivity index (χ2v) is 8.94. The molecule has 3 aromatic rings. The van der Waals surface area contributed by atoms with Crippen molar-refractivity contribution in [3.05, 3.63) is 59.0 Å². The highest BCUT2D eigenvalue weighted by Crippen LogP contribution is 2.41. The number of aromatic nitrogens is 1. The molecule has 2 aliphatic heterocycles. The Labute approximate surface area is 187 Å². The SMILES string of the molecule is COc1ccc2c(c1)c(C=C1Oc3c(ccc(O)c3CN3CCCC(C)C3)C1=O)cn2C. The summed E-state index contributed by atoms with van der Waals surface area (Å²) in [6.07, 6.45) is 6.14. The van der Waals surface area contributed by atoms with E-state index in [2.05, 4.69) is 11.8 Å². The number of benzene rings is 2. The van der Waals surface area contributed by atoms with Crippen LogP contribution in [0.5, 0.6) is 17.2 Å². The molecule has 5 rings (SSSR count). The highest BCUT2D eigenvalue weighted by atomic mass is 16.5. The number of likely N-dealkylation sites (tertiary alicyclic amines) is 1. The summed E-state index contributed by atoms with van der Waals surface area (Å²) < 4.78 is 13.5. The maximum absolute atomic E-state index is 13.2. The third kappa shape index (κ3) is 3.54. The standard InChI is InChI=1S/C26H28N2O4/c1-16-5-4-10-28(13-16)15-21-23(29)9-7-19-25(30)24(32-26(19)21)11-17-14-27(2)22-8-6-18(31-3)12-20(17)22/h6-9,11-12,14,16,29H,4-5,10,13,15H2,1-3H3. The fourth-order valence-electron chi connectivity index (χ4n) is 4.89. The maximum atomic E-state index is 13.2. The highest BCUT2D eigenvalue weighted by molar-refractivity contribution is 6.15. The molecule has 6 nitrogen and oxygen atoms in total. The fourth-order valence-corrected chi connectivity index (χ4v) is 4.89. The van der Waals surface area contributed by atoms with Gasteiger partial charge in [0.25, 0.3) is 0 Å². The van der Waals surface area contributed by atoms with Crippen LogP contribution in [0.2, 0.25) is 0 Å². The predicted octanol–water partition coefficient (Wildman–Crippen LogP) is 4.74. The Morgan fingerprint density at radius 2 is 2.12 bits per heavy atom. The summed E-state index contributed by atoms with van der Waals surface area (Å²) in [6, 6.07) is 9.14. The van der Waals surface area contributed by atoms with Crippen molar-refractivity contribution in [2.75, 3.05) is 20.2 Å². The molecule has 1 N–H and O–H groups in total. The zero-order valence-electron chi connectivity index (χ0n) is 18.7. The number of methoxy groups -OCH3 is 1. The van der Waals surface area contributed by atoms with E-state index in [-0.39, 0.29) is 17.3 Å². The van der Waals surface area contributed by atoms with Gasteiger partial charge in [-0.1, -0.05) is 6.92 Å². The number of hydrogen-bond acceptors (Lipinski definition) is 5. The van der Waals surface area contributed by atoms with Crippen molar-refractivity contribution in [3.63, 3.8) is 0 Å². The molecule has 0 spiro atoms. The summed E-state index contributed by atoms with van der Waals surface area (Å²) in [5.41, 5.74) is 3.12. The Kier molecular flexibility index (Phi) is 5.18. The topological polar surface area (TPSA) is 63.9 Å². The molecule has 1 fully saturated rings. The number of ketones is 1. The van der Waals surface area contributed by atoms with Gasteiger partial charge in [0, 0.05) is 42.8 Å². The Balaban J connectivity index is 1.51. The van der Waals surface area contributed by atoms with Crippen molar-refractivity contribution in [2.24, 2.45) is 13.0 Å². The Bertz CT molecular complexity index is 1240. The van der Waals surface area contributed by atoms with E-state index in [1.807, 2.05) is 36.0 Å². The number of nitrogens with zero attached hydrogens (tertiary/aromatic N) is 2. The zero-order valence-corrected chi connectivity index (χ0v) is 18.7. The van der Waals surface area contributed by atoms with Crippen LogP contribution >= 0.6 is 0 Å². The van der Waals surface area contributed by atoms with Crippen molar-refractivity contribution in [1.29, 1.82) is 0 Å². The average Bonchev–Trinajstić information content (AvgIpc) is 3.26. The molecule has 1 atom stereocenters. The number of phenols is 1. The van der Waals surface area contributed by atoms with Gasteiger partial charge in [0.1, 0.15) is 17.2 Å². The lowest BCUT2D eigenvalue weighted by Crippen LogP contribution is -2.33. The van der Waals surface area contributed by atoms with E-state index < -0.39 is 0 Å². The van der Waals surface area contributed by atoms with E-state index in [0.29, 0.717) is 29.3 Å². The molecule has 2 aliphatic rings. The van der Waals surface area contributed by atoms with E-state index in [1.165, 1.54) is 6.42 Å². The Morgan fingerprint density at radius 3 is 2.91 bits per heavy atom. The summed E-state index contributed by atoms with van der Waals surface area (Å²) in [5, 5.41) is 11.6. The molecule has 0 bridgehead atoms. The number of carbonyl (C=O) groups is 1. The molecule has 1 saturated heterocycles. The summed E-state index contributed by atoms with van der Waals surface area (Å²) in [7, 11) is 3.61. The van der Waals surface area contributed by atoms with Gasteiger partial charge in [-0.05, 0) is 61.7 Å². The van der Waals surface area contributed by atoms with Crippen molar-refractivity contribution >= 4 is 22.8 Å². The van der Waals surface area contributed by atoms with E-state index in [9.17, 15) is 9.90 Å². The van der Waals surface area contributed by atoms with Crippen LogP contribution in [0.15, 0.2) is 42.3 Å². The number of carbonyl (C=O) groups excluding carboxylic acids is 1. The molecule has 1 unspecified atom stereocenters. The molecule has 166 valence electrons. The molecule has 0 saturated carbocycles. The van der Waals surface area contributed by atoms with Crippen LogP contribution in [0.4, 0.5) is 0 Å². The number of Topliss-reactive ketones (excluding diaryl/α,β-unsaturated/α-hetero) is 1. The third-order valence-corrected chi connectivity index (χ3v) is 6.55. The summed E-state index contributed by atoms with van der Waals surface area (Å²) in [6.45, 7) is 4.80.